The van der Waals surface area contributed by atoms with Crippen LogP contribution in [0.1, 0.15) is 32.3 Å². The van der Waals surface area contributed by atoms with Gasteiger partial charge >= 0.3 is 6.09 Å². The first-order valence-electron chi connectivity index (χ1n) is 10.9. The number of ether oxygens (including phenoxy) is 2. The van der Waals surface area contributed by atoms with Crippen LogP contribution in [0.2, 0.25) is 0 Å². The summed E-state index contributed by atoms with van der Waals surface area (Å²) in [5, 5.41) is 0. The molecule has 1 saturated heterocycles. The summed E-state index contributed by atoms with van der Waals surface area (Å²) < 4.78 is 45.8. The summed E-state index contributed by atoms with van der Waals surface area (Å²) in [5.41, 5.74) is 1.12. The maximum atomic E-state index is 14.8. The van der Waals surface area contributed by atoms with E-state index in [1.165, 1.54) is 24.7 Å². The first-order valence-corrected chi connectivity index (χ1v) is 12.9. The highest BCUT2D eigenvalue weighted by Gasteiger charge is 2.31. The molecule has 1 unspecified atom stereocenters. The van der Waals surface area contributed by atoms with Gasteiger partial charge in [0.2, 0.25) is 5.88 Å². The summed E-state index contributed by atoms with van der Waals surface area (Å²) >= 11 is 0. The van der Waals surface area contributed by atoms with Gasteiger partial charge in [0, 0.05) is 43.6 Å². The Morgan fingerprint density at radius 3 is 2.61 bits per heavy atom. The van der Waals surface area contributed by atoms with Crippen LogP contribution in [-0.2, 0) is 20.9 Å². The smallest absolute Gasteiger partial charge is 0.410 e. The van der Waals surface area contributed by atoms with Gasteiger partial charge in [-0.05, 0) is 38.5 Å². The van der Waals surface area contributed by atoms with E-state index in [1.807, 2.05) is 13.8 Å². The van der Waals surface area contributed by atoms with Gasteiger partial charge in [0.05, 0.1) is 27.1 Å². The van der Waals surface area contributed by atoms with Crippen molar-refractivity contribution >= 4 is 27.3 Å². The highest BCUT2D eigenvalue weighted by molar-refractivity contribution is 7.91. The second kappa shape index (κ2) is 9.12. The molecule has 0 saturated carbocycles. The lowest BCUT2D eigenvalue weighted by molar-refractivity contribution is 0.0505. The van der Waals surface area contributed by atoms with Gasteiger partial charge in [0.1, 0.15) is 24.1 Å². The monoisotopic (exact) mass is 477 g/mol. The topological polar surface area (TPSA) is 109 Å². The van der Waals surface area contributed by atoms with Gasteiger partial charge in [-0.2, -0.15) is 0 Å². The fourth-order valence-corrected chi connectivity index (χ4v) is 4.70. The molecule has 178 valence electrons. The molecule has 33 heavy (non-hydrogen) atoms. The number of benzene rings is 1. The Hall–Kier alpha value is -2.95. The number of hydrogen-bond acceptors (Lipinski definition) is 8. The largest absolute Gasteiger partial charge is 0.474 e. The summed E-state index contributed by atoms with van der Waals surface area (Å²) in [6, 6.07) is 4.20. The Morgan fingerprint density at radius 2 is 1.97 bits per heavy atom. The van der Waals surface area contributed by atoms with Gasteiger partial charge in [-0.15, -0.1) is 0 Å². The summed E-state index contributed by atoms with van der Waals surface area (Å²) in [4.78, 5) is 24.3. The number of nitrogens with zero attached hydrogens (tertiary/aromatic N) is 4. The Labute approximate surface area is 192 Å². The maximum Gasteiger partial charge on any atom is 0.410 e. The van der Waals surface area contributed by atoms with E-state index in [4.69, 9.17) is 14.3 Å². The zero-order chi connectivity index (χ0) is 23.8. The molecule has 1 atom stereocenters. The molecule has 0 bridgehead atoms. The van der Waals surface area contributed by atoms with Crippen LogP contribution < -0.4 is 9.64 Å². The quantitative estimate of drug-likeness (QED) is 0.699. The van der Waals surface area contributed by atoms with Gasteiger partial charge in [0.25, 0.3) is 0 Å². The Morgan fingerprint density at radius 1 is 1.24 bits per heavy atom. The van der Waals surface area contributed by atoms with Crippen LogP contribution in [0.15, 0.2) is 29.4 Å². The van der Waals surface area contributed by atoms with Crippen LogP contribution in [0.3, 0.4) is 0 Å². The Balaban J connectivity index is 1.47. The first kappa shape index (κ1) is 23.2. The van der Waals surface area contributed by atoms with Crippen LogP contribution in [0.4, 0.5) is 20.7 Å². The van der Waals surface area contributed by atoms with Crippen LogP contribution in [0.5, 0.6) is 5.88 Å². The van der Waals surface area contributed by atoms with E-state index in [0.29, 0.717) is 56.3 Å². The summed E-state index contributed by atoms with van der Waals surface area (Å²) in [6.07, 6.45) is 4.03. The molecule has 2 aliphatic heterocycles. The number of nitrogens with one attached hydrogen (secondary N) is 1. The minimum absolute atomic E-state index is 0.0908. The molecule has 1 fully saturated rings. The third-order valence-corrected chi connectivity index (χ3v) is 6.85. The molecule has 0 radical (unpaired) electrons. The molecule has 4 rings (SSSR count). The molecular formula is C22H28FN5O4S. The lowest BCUT2D eigenvalue weighted by atomic mass is 10.1. The van der Waals surface area contributed by atoms with Crippen LogP contribution in [-0.4, -0.2) is 63.3 Å². The van der Waals surface area contributed by atoms with Crippen molar-refractivity contribution in [3.63, 3.8) is 0 Å². The second-order valence-electron chi connectivity index (χ2n) is 8.58. The van der Waals surface area contributed by atoms with Gasteiger partial charge < -0.3 is 19.3 Å². The van der Waals surface area contributed by atoms with E-state index < -0.39 is 15.5 Å². The van der Waals surface area contributed by atoms with Gasteiger partial charge in [-0.3, -0.25) is 0 Å². The Kier molecular flexibility index (Phi) is 6.42. The fourth-order valence-electron chi connectivity index (χ4n) is 4.04. The molecule has 3 heterocycles. The zero-order valence-corrected chi connectivity index (χ0v) is 19.7. The van der Waals surface area contributed by atoms with Crippen LogP contribution in [0, 0.1) is 10.6 Å². The lowest BCUT2D eigenvalue weighted by Gasteiger charge is -2.32. The van der Waals surface area contributed by atoms with E-state index in [2.05, 4.69) is 9.97 Å². The molecule has 1 aromatic carbocycles. The van der Waals surface area contributed by atoms with Crippen molar-refractivity contribution < 1.29 is 22.9 Å². The van der Waals surface area contributed by atoms with Crippen LogP contribution in [0.25, 0.3) is 0 Å². The predicted molar refractivity (Wildman–Crippen MR) is 121 cm³/mol. The summed E-state index contributed by atoms with van der Waals surface area (Å²) in [6.45, 7) is 5.24. The molecule has 0 aliphatic carbocycles. The molecule has 1 aromatic heterocycles. The number of hydrogen-bond donors (Lipinski definition) is 1. The molecule has 11 heteroatoms. The molecular weight excluding hydrogens is 449 g/mol. The summed E-state index contributed by atoms with van der Waals surface area (Å²) in [7, 11) is -3.00. The molecule has 1 amide bonds. The average Bonchev–Trinajstić information content (AvgIpc) is 3.18. The number of aromatic nitrogens is 2. The van der Waals surface area contributed by atoms with Gasteiger partial charge in [-0.25, -0.2) is 28.1 Å². The molecule has 9 nitrogen and oxygen atoms in total. The first-order chi connectivity index (χ1) is 15.6. The average molecular weight is 478 g/mol. The van der Waals surface area contributed by atoms with Gasteiger partial charge in [-0.1, -0.05) is 0 Å². The SMILES string of the molecule is CC(C)OC(=O)N1CCC(Oc2ncnc3c2CCN3c2ccc(S(C)(=N)=O)cc2F)CC1. The van der Waals surface area contributed by atoms with Crippen molar-refractivity contribution in [3.8, 4) is 5.88 Å². The highest BCUT2D eigenvalue weighted by atomic mass is 32.2. The number of piperidine rings is 1. The molecule has 0 spiro atoms. The number of anilines is 2. The maximum absolute atomic E-state index is 14.8. The minimum Gasteiger partial charge on any atom is -0.474 e. The van der Waals surface area contributed by atoms with E-state index in [-0.39, 0.29) is 23.2 Å². The number of fused-ring (bicyclic) bond motifs is 1. The van der Waals surface area contributed by atoms with Crippen molar-refractivity contribution in [1.29, 1.82) is 4.78 Å². The number of carbonyl (C=O) groups excluding carboxylic acids is 1. The standard InChI is InChI=1S/C22H28FN5O4S/c1-14(2)31-22(29)27-9-6-15(7-10-27)32-21-17-8-11-28(20(17)25-13-26-21)19-5-4-16(12-18(19)23)33(3,24)30/h4-5,12-15,24H,6-11H2,1-3H3. The number of amides is 1. The van der Waals surface area contributed by atoms with Crippen molar-refractivity contribution in [1.82, 2.24) is 14.9 Å². The number of halogens is 1. The van der Waals surface area contributed by atoms with E-state index in [9.17, 15) is 13.4 Å². The lowest BCUT2D eigenvalue weighted by Crippen LogP contribution is -2.42. The van der Waals surface area contributed by atoms with Gasteiger partial charge in [0.15, 0.2) is 0 Å². The highest BCUT2D eigenvalue weighted by Crippen LogP contribution is 2.38. The number of rotatable bonds is 5. The molecule has 2 aliphatic rings. The van der Waals surface area contributed by atoms with Crippen molar-refractivity contribution in [2.45, 2.75) is 50.2 Å². The van der Waals surface area contributed by atoms with E-state index in [1.54, 1.807) is 9.80 Å². The van der Waals surface area contributed by atoms with Crippen molar-refractivity contribution in [3.05, 3.63) is 35.9 Å². The fraction of sp³-hybridized carbons (Fsp3) is 0.500. The zero-order valence-electron chi connectivity index (χ0n) is 18.9. The number of carbonyl (C=O) groups is 1. The minimum atomic E-state index is -3.00. The predicted octanol–water partition coefficient (Wildman–Crippen LogP) is 3.73. The normalized spacial score (nSPS) is 18.2. The second-order valence-corrected chi connectivity index (χ2v) is 10.7. The molecule has 1 N–H and O–H groups in total. The van der Waals surface area contributed by atoms with Crippen molar-refractivity contribution in [2.75, 3.05) is 30.8 Å². The Bertz CT molecular complexity index is 1150. The van der Waals surface area contributed by atoms with E-state index >= 15 is 0 Å². The third-order valence-electron chi connectivity index (χ3n) is 5.70. The third kappa shape index (κ3) is 5.02. The van der Waals surface area contributed by atoms with Crippen LogP contribution >= 0.6 is 0 Å². The molecule has 2 aromatic rings. The van der Waals surface area contributed by atoms with E-state index in [0.717, 1.165) is 11.6 Å². The number of likely N-dealkylation sites (tertiary alicyclic amines) is 1. The summed E-state index contributed by atoms with van der Waals surface area (Å²) in [5.74, 6) is 0.502. The van der Waals surface area contributed by atoms with Crippen molar-refractivity contribution in [2.24, 2.45) is 0 Å².